The predicted octanol–water partition coefficient (Wildman–Crippen LogP) is 2.77. The van der Waals surface area contributed by atoms with E-state index in [2.05, 4.69) is 11.9 Å². The molecule has 4 N–H and O–H groups in total. The smallest absolute Gasteiger partial charge is 0.419 e. The number of halogens is 4. The van der Waals surface area contributed by atoms with Crippen LogP contribution in [0.4, 0.5) is 17.6 Å². The number of fused-ring (bicyclic) bond motifs is 6. The second-order valence-corrected chi connectivity index (χ2v) is 9.13. The van der Waals surface area contributed by atoms with Gasteiger partial charge in [0.2, 0.25) is 5.43 Å². The Morgan fingerprint density at radius 1 is 1.32 bits per heavy atom. The monoisotopic (exact) mass is 478 g/mol. The number of aromatic hydroxyl groups is 1. The highest BCUT2D eigenvalue weighted by Gasteiger charge is 2.57. The molecule has 1 aromatic carbocycles. The van der Waals surface area contributed by atoms with Gasteiger partial charge >= 0.3 is 6.18 Å². The highest BCUT2D eigenvalue weighted by atomic mass is 19.4. The fraction of sp³-hybridized carbons (Fsp3) is 0.391. The first-order chi connectivity index (χ1) is 15.9. The summed E-state index contributed by atoms with van der Waals surface area (Å²) >= 11 is 0. The van der Waals surface area contributed by atoms with Gasteiger partial charge < -0.3 is 25.6 Å². The van der Waals surface area contributed by atoms with Gasteiger partial charge in [-0.1, -0.05) is 18.7 Å². The highest BCUT2D eigenvalue weighted by molar-refractivity contribution is 5.94. The largest absolute Gasteiger partial charge is 0.503 e. The lowest BCUT2D eigenvalue weighted by molar-refractivity contribution is -0.140. The van der Waals surface area contributed by atoms with Crippen molar-refractivity contribution < 1.29 is 27.5 Å². The maximum atomic E-state index is 14.3. The van der Waals surface area contributed by atoms with Crippen LogP contribution in [0.15, 0.2) is 35.8 Å². The Kier molecular flexibility index (Phi) is 4.84. The molecule has 3 aliphatic rings. The van der Waals surface area contributed by atoms with Gasteiger partial charge in [-0.15, -0.1) is 0 Å². The van der Waals surface area contributed by atoms with Crippen molar-refractivity contribution in [3.63, 3.8) is 0 Å². The Labute approximate surface area is 191 Å². The van der Waals surface area contributed by atoms with Crippen molar-refractivity contribution in [1.29, 1.82) is 0 Å². The maximum Gasteiger partial charge on any atom is 0.419 e. The van der Waals surface area contributed by atoms with Crippen LogP contribution in [0.3, 0.4) is 0 Å². The molecule has 1 saturated carbocycles. The first-order valence-corrected chi connectivity index (χ1v) is 10.8. The third kappa shape index (κ3) is 3.13. The van der Waals surface area contributed by atoms with Gasteiger partial charge in [0.25, 0.3) is 5.91 Å². The van der Waals surface area contributed by atoms with Gasteiger partial charge in [-0.3, -0.25) is 9.59 Å². The normalized spacial score (nSPS) is 25.3. The van der Waals surface area contributed by atoms with E-state index < -0.39 is 58.0 Å². The number of nitrogens with two attached hydrogens (primary N) is 1. The van der Waals surface area contributed by atoms with E-state index in [1.807, 2.05) is 4.90 Å². The van der Waals surface area contributed by atoms with Crippen molar-refractivity contribution in [3.8, 4) is 5.75 Å². The summed E-state index contributed by atoms with van der Waals surface area (Å²) in [6.07, 6.45) is -0.854. The molecule has 5 rings (SSSR count). The highest BCUT2D eigenvalue weighted by Crippen LogP contribution is 2.53. The Bertz CT molecular complexity index is 1290. The molecule has 11 heteroatoms. The van der Waals surface area contributed by atoms with Crippen LogP contribution >= 0.6 is 0 Å². The van der Waals surface area contributed by atoms with Crippen molar-refractivity contribution >= 4 is 11.6 Å². The number of carbonyl (C=O) groups excluding carboxylic acids is 1. The molecule has 2 bridgehead atoms. The summed E-state index contributed by atoms with van der Waals surface area (Å²) in [5, 5.41) is 12.9. The van der Waals surface area contributed by atoms with E-state index >= 15 is 0 Å². The number of alkyl halides is 3. The minimum atomic E-state index is -4.89. The Morgan fingerprint density at radius 2 is 2.06 bits per heavy atom. The molecular formula is C23H22F4N4O3. The zero-order valence-corrected chi connectivity index (χ0v) is 18.0. The van der Waals surface area contributed by atoms with Crippen LogP contribution in [0.2, 0.25) is 0 Å². The van der Waals surface area contributed by atoms with E-state index in [4.69, 9.17) is 5.73 Å². The van der Waals surface area contributed by atoms with Gasteiger partial charge in [-0.25, -0.2) is 4.39 Å². The fourth-order valence-electron chi connectivity index (χ4n) is 5.69. The molecule has 7 nitrogen and oxygen atoms in total. The summed E-state index contributed by atoms with van der Waals surface area (Å²) in [6, 6.07) is 2.91. The molecule has 1 unspecified atom stereocenters. The molecule has 2 aliphatic heterocycles. The molecule has 3 heterocycles. The average molecular weight is 478 g/mol. The number of pyridine rings is 1. The van der Waals surface area contributed by atoms with Crippen LogP contribution in [0, 0.1) is 11.7 Å². The van der Waals surface area contributed by atoms with E-state index in [0.29, 0.717) is 11.8 Å². The minimum Gasteiger partial charge on any atom is -0.503 e. The standard InChI is InChI=1S/C23H22F4N4O3/c1-11-18-20(33)19(32)15(9-30(18)10-22(28)13-5-6-14(7-13)31(11)22)21(34)29-8-12-3-2-4-16(17(12)24)23(25,26)27/h2-4,9,13-14,33H,1,5-8,10,28H2,(H,29,34)/t13-,14+,22?/m1/s1. The van der Waals surface area contributed by atoms with Crippen LogP contribution in [0.25, 0.3) is 5.70 Å². The first-order valence-electron chi connectivity index (χ1n) is 10.8. The summed E-state index contributed by atoms with van der Waals surface area (Å²) in [7, 11) is 0. The topological polar surface area (TPSA) is 101 Å². The SMILES string of the molecule is C=C1c2c(O)c(=O)c(C(=O)NCc3cccc(C(F)(F)F)c3F)cn2CC2(N)[C@@H]3CC[C@@H](C3)N12. The third-order valence-corrected chi connectivity index (χ3v) is 7.24. The van der Waals surface area contributed by atoms with Crippen LogP contribution in [-0.2, 0) is 19.3 Å². The average Bonchev–Trinajstić information content (AvgIpc) is 3.34. The van der Waals surface area contributed by atoms with Crippen molar-refractivity contribution in [2.45, 2.75) is 50.2 Å². The van der Waals surface area contributed by atoms with Gasteiger partial charge in [-0.2, -0.15) is 13.2 Å². The number of hydrogen-bond acceptors (Lipinski definition) is 5. The van der Waals surface area contributed by atoms with Gasteiger partial charge in [-0.05, 0) is 31.2 Å². The number of carbonyl (C=O) groups is 1. The van der Waals surface area contributed by atoms with Crippen molar-refractivity contribution in [3.05, 3.63) is 69.4 Å². The summed E-state index contributed by atoms with van der Waals surface area (Å²) in [5.41, 5.74) is 3.32. The quantitative estimate of drug-likeness (QED) is 0.589. The van der Waals surface area contributed by atoms with E-state index in [1.54, 1.807) is 0 Å². The lowest BCUT2D eigenvalue weighted by Gasteiger charge is -2.50. The van der Waals surface area contributed by atoms with Gasteiger partial charge in [0.15, 0.2) is 5.75 Å². The molecular weight excluding hydrogens is 456 g/mol. The molecule has 1 saturated heterocycles. The van der Waals surface area contributed by atoms with Crippen molar-refractivity contribution in [2.24, 2.45) is 11.7 Å². The van der Waals surface area contributed by atoms with Crippen molar-refractivity contribution in [2.75, 3.05) is 0 Å². The summed E-state index contributed by atoms with van der Waals surface area (Å²) in [5.74, 6) is -2.92. The zero-order valence-electron chi connectivity index (χ0n) is 18.0. The second kappa shape index (κ2) is 7.33. The number of rotatable bonds is 3. The summed E-state index contributed by atoms with van der Waals surface area (Å²) in [4.78, 5) is 27.5. The number of nitrogens with zero attached hydrogens (tertiary/aromatic N) is 2. The number of aromatic nitrogens is 1. The van der Waals surface area contributed by atoms with E-state index in [9.17, 15) is 32.3 Å². The molecule has 34 heavy (non-hydrogen) atoms. The van der Waals surface area contributed by atoms with Crippen LogP contribution in [-0.4, -0.2) is 32.2 Å². The minimum absolute atomic E-state index is 0.177. The number of amides is 1. The molecule has 0 spiro atoms. The fourth-order valence-corrected chi connectivity index (χ4v) is 5.69. The lowest BCUT2D eigenvalue weighted by Crippen LogP contribution is -2.63. The van der Waals surface area contributed by atoms with Gasteiger partial charge in [0.1, 0.15) is 22.7 Å². The van der Waals surface area contributed by atoms with Crippen LogP contribution < -0.4 is 16.5 Å². The predicted molar refractivity (Wildman–Crippen MR) is 114 cm³/mol. The summed E-state index contributed by atoms with van der Waals surface area (Å²) < 4.78 is 54.6. The lowest BCUT2D eigenvalue weighted by atomic mass is 9.88. The molecule has 3 atom stereocenters. The van der Waals surface area contributed by atoms with Gasteiger partial charge in [0, 0.05) is 24.3 Å². The summed E-state index contributed by atoms with van der Waals surface area (Å²) in [6.45, 7) is 3.68. The first kappa shape index (κ1) is 22.5. The van der Waals surface area contributed by atoms with Crippen molar-refractivity contribution in [1.82, 2.24) is 14.8 Å². The molecule has 1 amide bonds. The van der Waals surface area contributed by atoms with Crippen LogP contribution in [0.5, 0.6) is 5.75 Å². The Balaban J connectivity index is 1.44. The maximum absolute atomic E-state index is 14.3. The molecule has 180 valence electrons. The Morgan fingerprint density at radius 3 is 2.76 bits per heavy atom. The number of hydrogen-bond donors (Lipinski definition) is 3. The number of piperidine rings is 1. The second-order valence-electron chi connectivity index (χ2n) is 9.13. The van der Waals surface area contributed by atoms with E-state index in [0.717, 1.165) is 31.4 Å². The van der Waals surface area contributed by atoms with E-state index in [-0.39, 0.29) is 24.2 Å². The number of benzene rings is 1. The third-order valence-electron chi connectivity index (χ3n) is 7.24. The molecule has 0 radical (unpaired) electrons. The molecule has 1 aliphatic carbocycles. The molecule has 2 fully saturated rings. The van der Waals surface area contributed by atoms with E-state index in [1.165, 1.54) is 10.8 Å². The molecule has 1 aromatic heterocycles. The zero-order chi connectivity index (χ0) is 24.6. The Hall–Kier alpha value is -3.34. The number of nitrogens with one attached hydrogen (secondary N) is 1. The van der Waals surface area contributed by atoms with Gasteiger partial charge in [0.05, 0.1) is 17.8 Å². The molecule has 2 aromatic rings. The van der Waals surface area contributed by atoms with Crippen LogP contribution in [0.1, 0.15) is 46.4 Å².